The highest BCUT2D eigenvalue weighted by molar-refractivity contribution is 7.47. The van der Waals surface area contributed by atoms with Crippen molar-refractivity contribution in [2.75, 3.05) is 19.8 Å². The molecule has 61 heavy (non-hydrogen) atoms. The van der Waals surface area contributed by atoms with E-state index < -0.39 is 63.1 Å². The van der Waals surface area contributed by atoms with Crippen LogP contribution in [0.3, 0.4) is 0 Å². The van der Waals surface area contributed by atoms with E-state index in [9.17, 15) is 39.8 Å². The molecular formula is C48H81O12P. The molecule has 0 bridgehead atoms. The maximum absolute atomic E-state index is 12.8. The minimum absolute atomic E-state index is 0.104. The molecule has 1 rings (SSSR count). The number of phosphoric ester groups is 1. The van der Waals surface area contributed by atoms with Crippen molar-refractivity contribution in [3.05, 3.63) is 85.1 Å². The van der Waals surface area contributed by atoms with Gasteiger partial charge in [0, 0.05) is 13.0 Å². The smallest absolute Gasteiger partial charge is 0.457 e. The maximum Gasteiger partial charge on any atom is 0.472 e. The lowest BCUT2D eigenvalue weighted by atomic mass is 9.85. The van der Waals surface area contributed by atoms with E-state index in [1.165, 1.54) is 32.1 Å². The Bertz CT molecular complexity index is 1330. The van der Waals surface area contributed by atoms with Crippen molar-refractivity contribution < 1.29 is 58.3 Å². The minimum atomic E-state index is -5.04. The molecule has 0 heterocycles. The molecule has 1 aliphatic rings. The van der Waals surface area contributed by atoms with E-state index in [2.05, 4.69) is 98.9 Å². The van der Waals surface area contributed by atoms with E-state index in [4.69, 9.17) is 18.5 Å². The number of unbranched alkanes of at least 4 members (excludes halogenated alkanes) is 11. The second-order valence-corrected chi connectivity index (χ2v) is 16.9. The van der Waals surface area contributed by atoms with Gasteiger partial charge in [-0.25, -0.2) is 4.57 Å². The van der Waals surface area contributed by atoms with Gasteiger partial charge in [-0.2, -0.15) is 0 Å². The number of rotatable bonds is 37. The monoisotopic (exact) mass is 881 g/mol. The number of aliphatic hydroxyl groups excluding tert-OH is 5. The number of phosphoric acid groups is 1. The third kappa shape index (κ3) is 30.3. The summed E-state index contributed by atoms with van der Waals surface area (Å²) in [5.41, 5.74) is 0. The van der Waals surface area contributed by atoms with Crippen molar-refractivity contribution in [2.24, 2.45) is 0 Å². The molecule has 1 saturated carbocycles. The SMILES string of the molecule is CC/C=C\C/C=C\C/C=C\C/C=C\C/C=C\C/C=C\CCCCC(=O)OC(COCCCCCCCC/C=C\CCCCC)COP(=O)(O)OC1C(O)C(O)C(O)C(O)C1O. The number of hydrogen-bond donors (Lipinski definition) is 6. The molecule has 12 nitrogen and oxygen atoms in total. The Morgan fingerprint density at radius 1 is 0.541 bits per heavy atom. The Balaban J connectivity index is 2.45. The van der Waals surface area contributed by atoms with Gasteiger partial charge in [-0.15, -0.1) is 0 Å². The highest BCUT2D eigenvalue weighted by Crippen LogP contribution is 2.47. The first kappa shape index (κ1) is 56.5. The Hall–Kier alpha value is -2.48. The lowest BCUT2D eigenvalue weighted by molar-refractivity contribution is -0.220. The topological polar surface area (TPSA) is 192 Å². The Labute approximate surface area is 367 Å². The predicted octanol–water partition coefficient (Wildman–Crippen LogP) is 9.36. The van der Waals surface area contributed by atoms with Crippen LogP contribution >= 0.6 is 7.82 Å². The van der Waals surface area contributed by atoms with Gasteiger partial charge in [-0.3, -0.25) is 13.8 Å². The second kappa shape index (κ2) is 38.0. The molecule has 0 spiro atoms. The van der Waals surface area contributed by atoms with Gasteiger partial charge in [0.25, 0.3) is 0 Å². The van der Waals surface area contributed by atoms with Gasteiger partial charge < -0.3 is 39.9 Å². The van der Waals surface area contributed by atoms with Crippen molar-refractivity contribution in [1.29, 1.82) is 0 Å². The summed E-state index contributed by atoms with van der Waals surface area (Å²) < 4.78 is 34.1. The Morgan fingerprint density at radius 3 is 1.49 bits per heavy atom. The van der Waals surface area contributed by atoms with E-state index in [0.717, 1.165) is 89.9 Å². The molecule has 0 radical (unpaired) electrons. The van der Waals surface area contributed by atoms with Gasteiger partial charge in [0.05, 0.1) is 13.2 Å². The molecular weight excluding hydrogens is 799 g/mol. The molecule has 1 fully saturated rings. The second-order valence-electron chi connectivity index (χ2n) is 15.5. The molecule has 0 aromatic carbocycles. The average molecular weight is 881 g/mol. The fourth-order valence-corrected chi connectivity index (χ4v) is 7.32. The van der Waals surface area contributed by atoms with Gasteiger partial charge >= 0.3 is 13.8 Å². The van der Waals surface area contributed by atoms with E-state index in [-0.39, 0.29) is 13.0 Å². The van der Waals surface area contributed by atoms with Crippen molar-refractivity contribution in [2.45, 2.75) is 191 Å². The lowest BCUT2D eigenvalue weighted by Crippen LogP contribution is -2.64. The number of aliphatic hydroxyl groups is 5. The van der Waals surface area contributed by atoms with Crippen LogP contribution < -0.4 is 0 Å². The molecule has 0 aliphatic heterocycles. The first-order chi connectivity index (χ1) is 29.5. The fourth-order valence-electron chi connectivity index (χ4n) is 6.35. The summed E-state index contributed by atoms with van der Waals surface area (Å²) in [5.74, 6) is -0.525. The van der Waals surface area contributed by atoms with Crippen LogP contribution in [0.2, 0.25) is 0 Å². The van der Waals surface area contributed by atoms with Gasteiger partial charge in [0.1, 0.15) is 42.7 Å². The third-order valence-electron chi connectivity index (χ3n) is 10.0. The van der Waals surface area contributed by atoms with Crippen LogP contribution in [0.1, 0.15) is 149 Å². The van der Waals surface area contributed by atoms with Crippen LogP contribution in [0.25, 0.3) is 0 Å². The standard InChI is InChI=1S/C48H81O12P/c1-3-5-7-9-11-13-15-17-18-19-20-21-22-23-24-25-27-29-31-33-35-37-42(49)59-41(39-57-38-36-34-32-30-28-26-16-14-12-10-8-6-4-2)40-58-61(55,56)60-48-46(53)44(51)43(50)45(52)47(48)54/h5,7,11-14,17-18,20-21,23-24,27,29,41,43-48,50-54H,3-4,6,8-10,15-16,19,22,25-26,28,30-40H2,1-2H3,(H,55,56)/b7-5-,13-11-,14-12-,18-17-,21-20-,24-23-,29-27-. The first-order valence-electron chi connectivity index (χ1n) is 22.9. The van der Waals surface area contributed by atoms with Crippen LogP contribution in [0, 0.1) is 0 Å². The molecule has 350 valence electrons. The molecule has 6 atom stereocenters. The average Bonchev–Trinajstić information content (AvgIpc) is 3.24. The first-order valence-corrected chi connectivity index (χ1v) is 24.4. The van der Waals surface area contributed by atoms with Gasteiger partial charge in [0.2, 0.25) is 0 Å². The zero-order valence-electron chi connectivity index (χ0n) is 37.2. The largest absolute Gasteiger partial charge is 0.472 e. The number of carbonyl (C=O) groups excluding carboxylic acids is 1. The van der Waals surface area contributed by atoms with Crippen molar-refractivity contribution in [1.82, 2.24) is 0 Å². The van der Waals surface area contributed by atoms with Crippen molar-refractivity contribution >= 4 is 13.8 Å². The molecule has 0 amide bonds. The number of esters is 1. The third-order valence-corrected chi connectivity index (χ3v) is 11.0. The quantitative estimate of drug-likeness (QED) is 0.0150. The van der Waals surface area contributed by atoms with E-state index in [1.807, 2.05) is 0 Å². The van der Waals surface area contributed by atoms with Gasteiger partial charge in [-0.1, -0.05) is 137 Å². The summed E-state index contributed by atoms with van der Waals surface area (Å²) in [4.78, 5) is 23.1. The van der Waals surface area contributed by atoms with Crippen LogP contribution in [-0.2, 0) is 27.9 Å². The summed E-state index contributed by atoms with van der Waals surface area (Å²) in [7, 11) is -5.04. The van der Waals surface area contributed by atoms with Crippen molar-refractivity contribution in [3.63, 3.8) is 0 Å². The minimum Gasteiger partial charge on any atom is -0.457 e. The summed E-state index contributed by atoms with van der Waals surface area (Å²) in [6, 6.07) is 0. The fraction of sp³-hybridized carbons (Fsp3) is 0.688. The molecule has 6 unspecified atom stereocenters. The van der Waals surface area contributed by atoms with Crippen LogP contribution in [0.4, 0.5) is 0 Å². The maximum atomic E-state index is 12.8. The molecule has 0 aromatic heterocycles. The van der Waals surface area contributed by atoms with Gasteiger partial charge in [0.15, 0.2) is 0 Å². The van der Waals surface area contributed by atoms with Crippen LogP contribution in [-0.4, -0.2) is 98.9 Å². The zero-order valence-corrected chi connectivity index (χ0v) is 38.1. The highest BCUT2D eigenvalue weighted by Gasteiger charge is 2.51. The lowest BCUT2D eigenvalue weighted by Gasteiger charge is -2.41. The molecule has 1 aliphatic carbocycles. The van der Waals surface area contributed by atoms with E-state index in [0.29, 0.717) is 13.0 Å². The summed E-state index contributed by atoms with van der Waals surface area (Å²) in [5, 5.41) is 50.2. The number of carbonyl (C=O) groups is 1. The summed E-state index contributed by atoms with van der Waals surface area (Å²) in [6.07, 6.45) is 37.9. The normalized spacial score (nSPS) is 23.0. The van der Waals surface area contributed by atoms with Gasteiger partial charge in [-0.05, 0) is 89.9 Å². The number of hydrogen-bond acceptors (Lipinski definition) is 11. The van der Waals surface area contributed by atoms with Crippen LogP contribution in [0.5, 0.6) is 0 Å². The number of allylic oxidation sites excluding steroid dienone is 14. The van der Waals surface area contributed by atoms with E-state index in [1.54, 1.807) is 0 Å². The Kier molecular flexibility index (Phi) is 35.2. The highest BCUT2D eigenvalue weighted by atomic mass is 31.2. The van der Waals surface area contributed by atoms with Crippen molar-refractivity contribution in [3.8, 4) is 0 Å². The number of ether oxygens (including phenoxy) is 2. The van der Waals surface area contributed by atoms with E-state index >= 15 is 0 Å². The molecule has 0 saturated heterocycles. The summed E-state index contributed by atoms with van der Waals surface area (Å²) >= 11 is 0. The molecule has 13 heteroatoms. The predicted molar refractivity (Wildman–Crippen MR) is 244 cm³/mol. The molecule has 0 aromatic rings. The van der Waals surface area contributed by atoms with Crippen LogP contribution in [0.15, 0.2) is 85.1 Å². The molecule has 6 N–H and O–H groups in total. The summed E-state index contributed by atoms with van der Waals surface area (Å²) in [6.45, 7) is 4.04. The Morgan fingerprint density at radius 2 is 0.967 bits per heavy atom. The zero-order chi connectivity index (χ0) is 44.8.